The van der Waals surface area contributed by atoms with Crippen molar-refractivity contribution in [1.29, 1.82) is 0 Å². The zero-order valence-corrected chi connectivity index (χ0v) is 11.5. The Hall–Kier alpha value is -0.220. The fraction of sp³-hybridized carbons (Fsp3) is 0.923. The highest BCUT2D eigenvalue weighted by molar-refractivity contribution is 7.99. The molecule has 4 atom stereocenters. The average Bonchev–Trinajstić information content (AvgIpc) is 2.77. The van der Waals surface area contributed by atoms with Crippen LogP contribution in [0, 0.1) is 5.92 Å². The fourth-order valence-electron chi connectivity index (χ4n) is 3.07. The number of amides is 1. The van der Waals surface area contributed by atoms with Crippen molar-refractivity contribution in [1.82, 2.24) is 5.32 Å². The highest BCUT2D eigenvalue weighted by Crippen LogP contribution is 2.29. The van der Waals surface area contributed by atoms with Gasteiger partial charge in [0.15, 0.2) is 0 Å². The summed E-state index contributed by atoms with van der Waals surface area (Å²) in [7, 11) is 0. The largest absolute Gasteiger partial charge is 0.353 e. The van der Waals surface area contributed by atoms with E-state index in [0.717, 1.165) is 43.8 Å². The zero-order chi connectivity index (χ0) is 12.3. The van der Waals surface area contributed by atoms with Crippen LogP contribution in [0.1, 0.15) is 44.9 Å². The van der Waals surface area contributed by atoms with Crippen LogP contribution in [0.5, 0.6) is 0 Å². The lowest BCUT2D eigenvalue weighted by Crippen LogP contribution is -2.41. The lowest BCUT2D eigenvalue weighted by atomic mass is 9.85. The number of nitrogens with two attached hydrogens (primary N) is 1. The molecule has 0 aliphatic heterocycles. The molecule has 0 bridgehead atoms. The van der Waals surface area contributed by atoms with Crippen LogP contribution in [0.4, 0.5) is 0 Å². The molecule has 0 spiro atoms. The summed E-state index contributed by atoms with van der Waals surface area (Å²) >= 11 is 1.93. The molecular formula is C13H24N2OS. The van der Waals surface area contributed by atoms with E-state index in [0.29, 0.717) is 6.04 Å². The van der Waals surface area contributed by atoms with E-state index in [1.807, 2.05) is 11.8 Å². The molecule has 2 fully saturated rings. The van der Waals surface area contributed by atoms with E-state index in [9.17, 15) is 4.79 Å². The van der Waals surface area contributed by atoms with Gasteiger partial charge in [0.1, 0.15) is 0 Å². The smallest absolute Gasteiger partial charge is 0.223 e. The lowest BCUT2D eigenvalue weighted by molar-refractivity contribution is -0.126. The SMILES string of the molecule is CSC1CCC(NC(=O)C2CCCC(N)C2)C1. The normalized spacial score (nSPS) is 38.0. The minimum Gasteiger partial charge on any atom is -0.353 e. The van der Waals surface area contributed by atoms with E-state index in [1.54, 1.807) is 0 Å². The van der Waals surface area contributed by atoms with Crippen molar-refractivity contribution in [3.63, 3.8) is 0 Å². The van der Waals surface area contributed by atoms with Crippen molar-refractivity contribution >= 4 is 17.7 Å². The summed E-state index contributed by atoms with van der Waals surface area (Å²) in [6, 6.07) is 0.653. The van der Waals surface area contributed by atoms with Gasteiger partial charge in [-0.3, -0.25) is 4.79 Å². The zero-order valence-electron chi connectivity index (χ0n) is 10.7. The summed E-state index contributed by atoms with van der Waals surface area (Å²) in [6.07, 6.45) is 9.80. The molecule has 3 N–H and O–H groups in total. The summed E-state index contributed by atoms with van der Waals surface area (Å²) < 4.78 is 0. The summed E-state index contributed by atoms with van der Waals surface area (Å²) in [5.74, 6) is 0.430. The molecule has 2 saturated carbocycles. The fourth-order valence-corrected chi connectivity index (χ4v) is 3.87. The predicted octanol–water partition coefficient (Wildman–Crippen LogP) is 1.90. The van der Waals surface area contributed by atoms with Gasteiger partial charge in [0.05, 0.1) is 0 Å². The molecule has 0 heterocycles. The van der Waals surface area contributed by atoms with Crippen molar-refractivity contribution in [3.8, 4) is 0 Å². The first-order valence-electron chi connectivity index (χ1n) is 6.77. The molecule has 2 rings (SSSR count). The number of hydrogen-bond acceptors (Lipinski definition) is 3. The van der Waals surface area contributed by atoms with Gasteiger partial charge in [-0.05, 0) is 44.8 Å². The quantitative estimate of drug-likeness (QED) is 0.811. The molecule has 4 unspecified atom stereocenters. The van der Waals surface area contributed by atoms with Gasteiger partial charge in [0.2, 0.25) is 5.91 Å². The van der Waals surface area contributed by atoms with Crippen LogP contribution in [-0.2, 0) is 4.79 Å². The van der Waals surface area contributed by atoms with Gasteiger partial charge in [-0.15, -0.1) is 0 Å². The Morgan fingerprint density at radius 3 is 2.71 bits per heavy atom. The minimum absolute atomic E-state index is 0.173. The van der Waals surface area contributed by atoms with Crippen molar-refractivity contribution in [2.24, 2.45) is 11.7 Å². The molecular weight excluding hydrogens is 232 g/mol. The van der Waals surface area contributed by atoms with E-state index < -0.39 is 0 Å². The molecule has 0 aromatic rings. The van der Waals surface area contributed by atoms with Gasteiger partial charge in [-0.1, -0.05) is 6.42 Å². The Balaban J connectivity index is 1.77. The van der Waals surface area contributed by atoms with Crippen LogP contribution < -0.4 is 11.1 Å². The van der Waals surface area contributed by atoms with E-state index in [-0.39, 0.29) is 17.9 Å². The van der Waals surface area contributed by atoms with Crippen LogP contribution in [0.15, 0.2) is 0 Å². The van der Waals surface area contributed by atoms with Crippen molar-refractivity contribution < 1.29 is 4.79 Å². The highest BCUT2D eigenvalue weighted by Gasteiger charge is 2.29. The Bertz CT molecular complexity index is 272. The van der Waals surface area contributed by atoms with Crippen LogP contribution in [-0.4, -0.2) is 29.5 Å². The topological polar surface area (TPSA) is 55.1 Å². The van der Waals surface area contributed by atoms with Gasteiger partial charge < -0.3 is 11.1 Å². The first-order chi connectivity index (χ1) is 8.19. The van der Waals surface area contributed by atoms with E-state index in [4.69, 9.17) is 5.73 Å². The molecule has 0 radical (unpaired) electrons. The number of thioether (sulfide) groups is 1. The molecule has 0 saturated heterocycles. The Morgan fingerprint density at radius 2 is 2.06 bits per heavy atom. The molecule has 17 heavy (non-hydrogen) atoms. The predicted molar refractivity (Wildman–Crippen MR) is 73.0 cm³/mol. The minimum atomic E-state index is 0.173. The number of carbonyl (C=O) groups is 1. The van der Waals surface area contributed by atoms with Gasteiger partial charge in [-0.25, -0.2) is 0 Å². The monoisotopic (exact) mass is 256 g/mol. The maximum Gasteiger partial charge on any atom is 0.223 e. The molecule has 4 heteroatoms. The third-order valence-electron chi connectivity index (χ3n) is 4.15. The molecule has 98 valence electrons. The van der Waals surface area contributed by atoms with Gasteiger partial charge in [0, 0.05) is 23.3 Å². The van der Waals surface area contributed by atoms with Gasteiger partial charge in [-0.2, -0.15) is 11.8 Å². The molecule has 0 aromatic carbocycles. The first-order valence-corrected chi connectivity index (χ1v) is 8.06. The molecule has 2 aliphatic rings. The first kappa shape index (κ1) is 13.2. The van der Waals surface area contributed by atoms with E-state index >= 15 is 0 Å². The Labute approximate surface area is 108 Å². The second-order valence-electron chi connectivity index (χ2n) is 5.50. The average molecular weight is 256 g/mol. The number of hydrogen-bond donors (Lipinski definition) is 2. The van der Waals surface area contributed by atoms with Crippen LogP contribution in [0.25, 0.3) is 0 Å². The second kappa shape index (κ2) is 6.10. The van der Waals surface area contributed by atoms with Crippen molar-refractivity contribution in [2.75, 3.05) is 6.26 Å². The molecule has 1 amide bonds. The Morgan fingerprint density at radius 1 is 1.24 bits per heavy atom. The lowest BCUT2D eigenvalue weighted by Gasteiger charge is -2.27. The molecule has 3 nitrogen and oxygen atoms in total. The standard InChI is InChI=1S/C13H24N2OS/c1-17-12-6-5-11(8-12)15-13(16)9-3-2-4-10(14)7-9/h9-12H,2-8,14H2,1H3,(H,15,16). The summed E-state index contributed by atoms with van der Waals surface area (Å²) in [4.78, 5) is 12.1. The van der Waals surface area contributed by atoms with Gasteiger partial charge >= 0.3 is 0 Å². The summed E-state index contributed by atoms with van der Waals surface area (Å²) in [5.41, 5.74) is 5.93. The third kappa shape index (κ3) is 3.62. The number of rotatable bonds is 3. The summed E-state index contributed by atoms with van der Waals surface area (Å²) in [5, 5.41) is 3.97. The second-order valence-corrected chi connectivity index (χ2v) is 6.64. The van der Waals surface area contributed by atoms with E-state index in [2.05, 4.69) is 11.6 Å². The van der Waals surface area contributed by atoms with Crippen LogP contribution >= 0.6 is 11.8 Å². The van der Waals surface area contributed by atoms with Crippen LogP contribution in [0.2, 0.25) is 0 Å². The van der Waals surface area contributed by atoms with Gasteiger partial charge in [0.25, 0.3) is 0 Å². The van der Waals surface area contributed by atoms with E-state index in [1.165, 1.54) is 6.42 Å². The maximum atomic E-state index is 12.1. The number of carbonyl (C=O) groups excluding carboxylic acids is 1. The Kier molecular flexibility index (Phi) is 4.74. The third-order valence-corrected chi connectivity index (χ3v) is 5.24. The molecule has 0 aromatic heterocycles. The molecule has 2 aliphatic carbocycles. The van der Waals surface area contributed by atoms with Crippen LogP contribution in [0.3, 0.4) is 0 Å². The van der Waals surface area contributed by atoms with Crippen molar-refractivity contribution in [3.05, 3.63) is 0 Å². The van der Waals surface area contributed by atoms with Crippen molar-refractivity contribution in [2.45, 2.75) is 62.3 Å². The maximum absolute atomic E-state index is 12.1. The summed E-state index contributed by atoms with van der Waals surface area (Å²) in [6.45, 7) is 0. The highest BCUT2D eigenvalue weighted by atomic mass is 32.2. The number of nitrogens with one attached hydrogen (secondary N) is 1.